The van der Waals surface area contributed by atoms with Crippen LogP contribution in [0.5, 0.6) is 0 Å². The quantitative estimate of drug-likeness (QED) is 0.895. The normalized spacial score (nSPS) is 24.3. The van der Waals surface area contributed by atoms with E-state index in [4.69, 9.17) is 4.74 Å². The summed E-state index contributed by atoms with van der Waals surface area (Å²) in [5.74, 6) is 0. The third-order valence-electron chi connectivity index (χ3n) is 5.17. The zero-order valence-electron chi connectivity index (χ0n) is 13.9. The topological polar surface area (TPSA) is 63.2 Å². The maximum atomic E-state index is 12.4. The molecule has 126 valence electrons. The number of ether oxygens (including phenoxy) is 1. The number of nitrogens with one attached hydrogen (secondary N) is 2. The molecule has 1 aromatic rings. The highest BCUT2D eigenvalue weighted by Gasteiger charge is 2.40. The molecule has 5 nitrogen and oxygen atoms in total. The van der Waals surface area contributed by atoms with E-state index >= 15 is 0 Å². The Morgan fingerprint density at radius 3 is 2.83 bits per heavy atom. The van der Waals surface area contributed by atoms with Crippen LogP contribution in [0.2, 0.25) is 0 Å². The van der Waals surface area contributed by atoms with Crippen LogP contribution in [0.15, 0.2) is 24.5 Å². The van der Waals surface area contributed by atoms with Crippen LogP contribution in [0, 0.1) is 0 Å². The van der Waals surface area contributed by atoms with Gasteiger partial charge in [0.05, 0.1) is 11.6 Å². The van der Waals surface area contributed by atoms with Crippen molar-refractivity contribution in [2.45, 2.75) is 69.6 Å². The van der Waals surface area contributed by atoms with E-state index in [1.165, 1.54) is 12.8 Å². The SMILES string of the molecule is CCC(NC(=O)NC1CCOC2(CCCC2)C1)c1ccncc1. The van der Waals surface area contributed by atoms with Gasteiger partial charge in [-0.25, -0.2) is 4.79 Å². The molecule has 2 amide bonds. The minimum Gasteiger partial charge on any atom is -0.375 e. The van der Waals surface area contributed by atoms with Crippen molar-refractivity contribution in [3.63, 3.8) is 0 Å². The van der Waals surface area contributed by atoms with Crippen molar-refractivity contribution in [3.05, 3.63) is 30.1 Å². The molecule has 2 unspecified atom stereocenters. The number of pyridine rings is 1. The molecule has 2 heterocycles. The molecule has 1 saturated carbocycles. The van der Waals surface area contributed by atoms with E-state index in [9.17, 15) is 4.79 Å². The molecule has 2 N–H and O–H groups in total. The summed E-state index contributed by atoms with van der Waals surface area (Å²) in [6.07, 6.45) is 11.0. The number of hydrogen-bond acceptors (Lipinski definition) is 3. The van der Waals surface area contributed by atoms with Crippen molar-refractivity contribution in [2.75, 3.05) is 6.61 Å². The van der Waals surface area contributed by atoms with Crippen LogP contribution in [0.3, 0.4) is 0 Å². The molecule has 0 radical (unpaired) electrons. The van der Waals surface area contributed by atoms with Crippen LogP contribution in [0.4, 0.5) is 4.79 Å². The summed E-state index contributed by atoms with van der Waals surface area (Å²) >= 11 is 0. The molecule has 2 fully saturated rings. The fraction of sp³-hybridized carbons (Fsp3) is 0.667. The van der Waals surface area contributed by atoms with E-state index in [2.05, 4.69) is 22.5 Å². The lowest BCUT2D eigenvalue weighted by Crippen LogP contribution is -2.50. The van der Waals surface area contributed by atoms with Gasteiger partial charge in [-0.05, 0) is 49.8 Å². The minimum absolute atomic E-state index is 0.0262. The predicted molar refractivity (Wildman–Crippen MR) is 89.1 cm³/mol. The third-order valence-corrected chi connectivity index (χ3v) is 5.17. The summed E-state index contributed by atoms with van der Waals surface area (Å²) in [7, 11) is 0. The number of carbonyl (C=O) groups is 1. The fourth-order valence-electron chi connectivity index (χ4n) is 3.92. The van der Waals surface area contributed by atoms with Gasteiger partial charge in [0.2, 0.25) is 0 Å². The molecule has 1 spiro atoms. The average Bonchev–Trinajstić information content (AvgIpc) is 3.01. The average molecular weight is 317 g/mol. The number of rotatable bonds is 4. The molecule has 2 aliphatic rings. The van der Waals surface area contributed by atoms with Gasteiger partial charge in [-0.3, -0.25) is 4.98 Å². The van der Waals surface area contributed by atoms with Gasteiger partial charge in [0.1, 0.15) is 0 Å². The number of hydrogen-bond donors (Lipinski definition) is 2. The standard InChI is InChI=1S/C18H27N3O2/c1-2-16(14-5-10-19-11-6-14)21-17(22)20-15-7-12-23-18(13-15)8-3-4-9-18/h5-6,10-11,15-16H,2-4,7-9,12-13H2,1H3,(H2,20,21,22). The van der Waals surface area contributed by atoms with Crippen molar-refractivity contribution < 1.29 is 9.53 Å². The maximum Gasteiger partial charge on any atom is 0.315 e. The predicted octanol–water partition coefficient (Wildman–Crippen LogP) is 3.32. The summed E-state index contributed by atoms with van der Waals surface area (Å²) < 4.78 is 6.03. The van der Waals surface area contributed by atoms with E-state index in [1.807, 2.05) is 12.1 Å². The molecule has 2 atom stereocenters. The number of amides is 2. The molecular weight excluding hydrogens is 290 g/mol. The van der Waals surface area contributed by atoms with Crippen LogP contribution >= 0.6 is 0 Å². The highest BCUT2D eigenvalue weighted by Crippen LogP contribution is 2.39. The second-order valence-electron chi connectivity index (χ2n) is 6.79. The second kappa shape index (κ2) is 7.30. The van der Waals surface area contributed by atoms with Gasteiger partial charge in [-0.1, -0.05) is 19.8 Å². The highest BCUT2D eigenvalue weighted by atomic mass is 16.5. The minimum atomic E-state index is -0.0753. The molecule has 3 rings (SSSR count). The van der Waals surface area contributed by atoms with Crippen LogP contribution < -0.4 is 10.6 Å². The summed E-state index contributed by atoms with van der Waals surface area (Å²) in [5, 5.41) is 6.25. The van der Waals surface area contributed by atoms with Crippen molar-refractivity contribution >= 4 is 6.03 Å². The zero-order valence-corrected chi connectivity index (χ0v) is 13.9. The number of nitrogens with zero attached hydrogens (tertiary/aromatic N) is 1. The Hall–Kier alpha value is -1.62. The van der Waals surface area contributed by atoms with Crippen molar-refractivity contribution in [1.82, 2.24) is 15.6 Å². The Kier molecular flexibility index (Phi) is 5.16. The first-order valence-corrected chi connectivity index (χ1v) is 8.82. The highest BCUT2D eigenvalue weighted by molar-refractivity contribution is 5.74. The molecule has 0 bridgehead atoms. The lowest BCUT2D eigenvalue weighted by molar-refractivity contribution is -0.0820. The van der Waals surface area contributed by atoms with Gasteiger partial charge in [-0.15, -0.1) is 0 Å². The van der Waals surface area contributed by atoms with Gasteiger partial charge in [0, 0.05) is 25.0 Å². The van der Waals surface area contributed by atoms with Gasteiger partial charge in [-0.2, -0.15) is 0 Å². The van der Waals surface area contributed by atoms with Crippen molar-refractivity contribution in [1.29, 1.82) is 0 Å². The number of urea groups is 1. The largest absolute Gasteiger partial charge is 0.375 e. The van der Waals surface area contributed by atoms with Gasteiger partial charge < -0.3 is 15.4 Å². The first-order chi connectivity index (χ1) is 11.2. The number of aromatic nitrogens is 1. The van der Waals surface area contributed by atoms with E-state index in [1.54, 1.807) is 12.4 Å². The summed E-state index contributed by atoms with van der Waals surface area (Å²) in [6, 6.07) is 4.08. The van der Waals surface area contributed by atoms with Gasteiger partial charge in [0.25, 0.3) is 0 Å². The molecule has 1 aliphatic heterocycles. The van der Waals surface area contributed by atoms with Crippen LogP contribution in [-0.4, -0.2) is 29.3 Å². The molecule has 1 aromatic heterocycles. The monoisotopic (exact) mass is 317 g/mol. The molecule has 23 heavy (non-hydrogen) atoms. The van der Waals surface area contributed by atoms with E-state index in [0.717, 1.165) is 44.3 Å². The Morgan fingerprint density at radius 2 is 2.13 bits per heavy atom. The smallest absolute Gasteiger partial charge is 0.315 e. The van der Waals surface area contributed by atoms with E-state index in [0.29, 0.717) is 0 Å². The summed E-state index contributed by atoms with van der Waals surface area (Å²) in [6.45, 7) is 2.83. The van der Waals surface area contributed by atoms with Crippen molar-refractivity contribution in [2.24, 2.45) is 0 Å². The Labute approximate surface area is 138 Å². The molecular formula is C18H27N3O2. The van der Waals surface area contributed by atoms with E-state index in [-0.39, 0.29) is 23.7 Å². The Balaban J connectivity index is 1.54. The molecule has 0 aromatic carbocycles. The van der Waals surface area contributed by atoms with Crippen LogP contribution in [0.1, 0.15) is 63.5 Å². The fourth-order valence-corrected chi connectivity index (χ4v) is 3.92. The molecule has 5 heteroatoms. The summed E-state index contributed by atoms with van der Waals surface area (Å²) in [5.41, 5.74) is 1.13. The Morgan fingerprint density at radius 1 is 1.39 bits per heavy atom. The van der Waals surface area contributed by atoms with Crippen molar-refractivity contribution in [3.8, 4) is 0 Å². The zero-order chi connectivity index (χ0) is 16.1. The van der Waals surface area contributed by atoms with Crippen LogP contribution in [0.25, 0.3) is 0 Å². The molecule has 1 aliphatic carbocycles. The maximum absolute atomic E-state index is 12.4. The van der Waals surface area contributed by atoms with Crippen LogP contribution in [-0.2, 0) is 4.74 Å². The van der Waals surface area contributed by atoms with Gasteiger partial charge >= 0.3 is 6.03 Å². The first-order valence-electron chi connectivity index (χ1n) is 8.82. The lowest BCUT2D eigenvalue weighted by atomic mass is 9.89. The molecule has 1 saturated heterocycles. The van der Waals surface area contributed by atoms with E-state index < -0.39 is 0 Å². The first kappa shape index (κ1) is 16.2. The second-order valence-corrected chi connectivity index (χ2v) is 6.79. The summed E-state index contributed by atoms with van der Waals surface area (Å²) in [4.78, 5) is 16.4. The Bertz CT molecular complexity index is 514. The number of carbonyl (C=O) groups excluding carboxylic acids is 1. The van der Waals surface area contributed by atoms with Gasteiger partial charge in [0.15, 0.2) is 0 Å². The third kappa shape index (κ3) is 4.02. The lowest BCUT2D eigenvalue weighted by Gasteiger charge is -2.38.